The van der Waals surface area contributed by atoms with Gasteiger partial charge in [-0.05, 0) is 51.0 Å². The van der Waals surface area contributed by atoms with Gasteiger partial charge in [-0.2, -0.15) is 0 Å². The van der Waals surface area contributed by atoms with E-state index in [0.717, 1.165) is 24.1 Å². The maximum atomic E-state index is 7.44. The quantitative estimate of drug-likeness (QED) is 0.381. The molecule has 0 atom stereocenters. The molecule has 0 aliphatic carbocycles. The summed E-state index contributed by atoms with van der Waals surface area (Å²) >= 11 is 1.82. The molecule has 0 amide bonds. The SMILES string of the molecule is CC=[N-].CC=[N-].CN1C=CN(c2cccc(N3C=CN(C)[CH-]3)n2)[CH-]1.[Cl][Ru]. The van der Waals surface area contributed by atoms with Crippen molar-refractivity contribution in [1.29, 1.82) is 0 Å². The van der Waals surface area contributed by atoms with E-state index >= 15 is 0 Å². The third-order valence-electron chi connectivity index (χ3n) is 2.79. The zero-order valence-electron chi connectivity index (χ0n) is 15.2. The molecule has 0 bridgehead atoms. The zero-order chi connectivity index (χ0) is 19.9. The standard InChI is InChI=1S/C13H15N5.2C2H4N.ClH.Ru/c1-15-6-8-17(10-15)12-4-3-5-13(14-12)18-9-7-16(2)11-18;2*1-2-3;;/h3-11H,1-2H3;2*2H,1H3;1H;/q-2;2*-1;;+1/p-1. The van der Waals surface area contributed by atoms with Gasteiger partial charge in [-0.25, -0.2) is 17.4 Å². The third kappa shape index (κ3) is 8.45. The van der Waals surface area contributed by atoms with E-state index in [2.05, 4.69) is 14.7 Å². The number of anilines is 2. The van der Waals surface area contributed by atoms with Crippen molar-refractivity contribution in [2.24, 2.45) is 0 Å². The Hall–Kier alpha value is -1.92. The fourth-order valence-corrected chi connectivity index (χ4v) is 1.87. The molecule has 2 aliphatic rings. The van der Waals surface area contributed by atoms with Crippen LogP contribution in [-0.4, -0.2) is 41.3 Å². The molecule has 0 N–H and O–H groups in total. The van der Waals surface area contributed by atoms with Gasteiger partial charge in [-0.3, -0.25) is 0 Å². The van der Waals surface area contributed by atoms with Crippen molar-refractivity contribution < 1.29 is 17.3 Å². The molecule has 0 saturated heterocycles. The summed E-state index contributed by atoms with van der Waals surface area (Å²) in [6.07, 6.45) is 9.96. The summed E-state index contributed by atoms with van der Waals surface area (Å²) < 4.78 is 0. The molecule has 0 aromatic carbocycles. The van der Waals surface area contributed by atoms with Crippen molar-refractivity contribution in [3.63, 3.8) is 0 Å². The van der Waals surface area contributed by atoms with Crippen molar-refractivity contribution in [2.45, 2.75) is 13.8 Å². The number of nitrogens with zero attached hydrogens (tertiary/aromatic N) is 7. The van der Waals surface area contributed by atoms with Crippen LogP contribution in [0.1, 0.15) is 13.8 Å². The van der Waals surface area contributed by atoms with Crippen LogP contribution in [0.25, 0.3) is 10.8 Å². The Morgan fingerprint density at radius 1 is 0.885 bits per heavy atom. The van der Waals surface area contributed by atoms with Gasteiger partial charge in [0.15, 0.2) is 0 Å². The van der Waals surface area contributed by atoms with Crippen LogP contribution in [0.3, 0.4) is 0 Å². The molecule has 7 nitrogen and oxygen atoms in total. The number of rotatable bonds is 2. The molecule has 0 fully saturated rings. The van der Waals surface area contributed by atoms with E-state index < -0.39 is 0 Å². The average Bonchev–Trinajstić information content (AvgIpc) is 3.27. The van der Waals surface area contributed by atoms with E-state index in [1.165, 1.54) is 0 Å². The van der Waals surface area contributed by atoms with Gasteiger partial charge in [0.2, 0.25) is 0 Å². The van der Waals surface area contributed by atoms with Crippen molar-refractivity contribution in [1.82, 2.24) is 14.8 Å². The Morgan fingerprint density at radius 2 is 1.23 bits per heavy atom. The van der Waals surface area contributed by atoms with Crippen LogP contribution >= 0.6 is 9.69 Å². The molecular weight excluding hydrogens is 439 g/mol. The predicted octanol–water partition coefficient (Wildman–Crippen LogP) is 3.75. The monoisotopic (exact) mass is 462 g/mol. The van der Waals surface area contributed by atoms with E-state index in [1.54, 1.807) is 13.8 Å². The van der Waals surface area contributed by atoms with Gasteiger partial charge in [0.05, 0.1) is 0 Å². The van der Waals surface area contributed by atoms with Gasteiger partial charge in [-0.15, -0.1) is 13.3 Å². The Kier molecular flexibility index (Phi) is 13.2. The molecule has 1 aromatic heterocycles. The second-order valence-electron chi connectivity index (χ2n) is 4.84. The molecule has 3 heterocycles. The molecule has 0 spiro atoms. The van der Waals surface area contributed by atoms with Gasteiger partial charge in [-0.1, -0.05) is 19.9 Å². The average molecular weight is 462 g/mol. The fourth-order valence-electron chi connectivity index (χ4n) is 1.87. The molecule has 0 saturated carbocycles. The van der Waals surface area contributed by atoms with Crippen LogP contribution in [0.2, 0.25) is 0 Å². The fraction of sp³-hybridized carbons (Fsp3) is 0.235. The van der Waals surface area contributed by atoms with Gasteiger partial charge in [0.1, 0.15) is 11.6 Å². The first-order valence-corrected chi connectivity index (χ1v) is 9.81. The summed E-state index contributed by atoms with van der Waals surface area (Å²) in [6.45, 7) is 7.09. The minimum absolute atomic E-state index is 0.907. The summed E-state index contributed by atoms with van der Waals surface area (Å²) in [7, 11) is 8.55. The molecule has 3 rings (SSSR count). The first-order valence-electron chi connectivity index (χ1n) is 7.57. The number of pyridine rings is 1. The zero-order valence-corrected chi connectivity index (χ0v) is 17.7. The van der Waals surface area contributed by atoms with Gasteiger partial charge in [0.25, 0.3) is 0 Å². The summed E-state index contributed by atoms with van der Waals surface area (Å²) in [5, 5.41) is 14.9. The number of hydrogen-bond acceptors (Lipinski definition) is 5. The summed E-state index contributed by atoms with van der Waals surface area (Å²) in [5.74, 6) is 1.81. The van der Waals surface area contributed by atoms with Gasteiger partial charge < -0.3 is 30.4 Å². The summed E-state index contributed by atoms with van der Waals surface area (Å²) in [4.78, 5) is 12.6. The molecule has 9 heteroatoms. The Morgan fingerprint density at radius 3 is 1.50 bits per heavy atom. The van der Waals surface area contributed by atoms with Crippen LogP contribution in [0.15, 0.2) is 43.0 Å². The second-order valence-corrected chi connectivity index (χ2v) is 4.84. The van der Waals surface area contributed by atoms with Crippen LogP contribution in [0.4, 0.5) is 11.6 Å². The predicted molar refractivity (Wildman–Crippen MR) is 108 cm³/mol. The number of halogens is 1. The molecule has 2 aliphatic heterocycles. The van der Waals surface area contributed by atoms with Crippen LogP contribution in [0, 0.1) is 13.3 Å². The summed E-state index contributed by atoms with van der Waals surface area (Å²) in [6, 6.07) is 6.00. The Bertz CT molecular complexity index is 547. The van der Waals surface area contributed by atoms with E-state index in [0.29, 0.717) is 0 Å². The maximum absolute atomic E-state index is 7.44. The topological polar surface area (TPSA) is 70.5 Å². The molecular formula is C17H23ClN7Ru-4. The van der Waals surface area contributed by atoms with Crippen molar-refractivity contribution >= 4 is 33.8 Å². The van der Waals surface area contributed by atoms with Gasteiger partial charge in [0, 0.05) is 0 Å². The Balaban J connectivity index is 0.000000679. The van der Waals surface area contributed by atoms with Crippen LogP contribution in [0.5, 0.6) is 0 Å². The molecule has 1 aromatic rings. The number of hydrogen-bond donors (Lipinski definition) is 0. The van der Waals surface area contributed by atoms with E-state index in [4.69, 9.17) is 10.8 Å². The first-order chi connectivity index (χ1) is 12.5. The summed E-state index contributed by atoms with van der Waals surface area (Å²) in [5.41, 5.74) is 0. The van der Waals surface area contributed by atoms with Crippen molar-refractivity contribution in [3.8, 4) is 0 Å². The normalized spacial score (nSPS) is 13.9. The van der Waals surface area contributed by atoms with Crippen LogP contribution in [-0.2, 0) is 17.3 Å². The third-order valence-corrected chi connectivity index (χ3v) is 2.79. The molecule has 0 radical (unpaired) electrons. The molecule has 26 heavy (non-hydrogen) atoms. The van der Waals surface area contributed by atoms with Gasteiger partial charge >= 0.3 is 27.0 Å². The van der Waals surface area contributed by atoms with Crippen molar-refractivity contribution in [2.75, 3.05) is 23.9 Å². The molecule has 145 valence electrons. The number of aromatic nitrogens is 1. The first kappa shape index (κ1) is 24.1. The van der Waals surface area contributed by atoms with Crippen LogP contribution < -0.4 is 9.80 Å². The Labute approximate surface area is 170 Å². The van der Waals surface area contributed by atoms with E-state index in [1.807, 2.05) is 107 Å². The minimum atomic E-state index is 0.907. The second kappa shape index (κ2) is 14.3. The molecule has 0 unspecified atom stereocenters. The van der Waals surface area contributed by atoms with Crippen molar-refractivity contribution in [3.05, 3.63) is 67.2 Å². The van der Waals surface area contributed by atoms with E-state index in [9.17, 15) is 0 Å². The van der Waals surface area contributed by atoms with E-state index in [-0.39, 0.29) is 0 Å².